The van der Waals surface area contributed by atoms with Crippen molar-refractivity contribution in [1.82, 2.24) is 5.32 Å². The molecule has 0 bridgehead atoms. The first kappa shape index (κ1) is 15.3. The van der Waals surface area contributed by atoms with E-state index in [-0.39, 0.29) is 18.2 Å². The lowest BCUT2D eigenvalue weighted by atomic mass is 10.0. The van der Waals surface area contributed by atoms with Crippen molar-refractivity contribution in [2.24, 2.45) is 0 Å². The third-order valence-corrected chi connectivity index (χ3v) is 3.81. The Morgan fingerprint density at radius 2 is 1.70 bits per heavy atom. The fraction of sp³-hybridized carbons (Fsp3) is 0.600. The van der Waals surface area contributed by atoms with Gasteiger partial charge in [0.2, 0.25) is 0 Å². The van der Waals surface area contributed by atoms with Crippen LogP contribution in [0, 0.1) is 5.82 Å². The maximum absolute atomic E-state index is 13.0. The van der Waals surface area contributed by atoms with Crippen LogP contribution in [0.2, 0.25) is 0 Å². The molecule has 1 aromatic carbocycles. The molecular weight excluding hydrogens is 270 g/mol. The van der Waals surface area contributed by atoms with E-state index >= 15 is 0 Å². The molecule has 5 heteroatoms. The highest BCUT2D eigenvalue weighted by atomic mass is 19.4. The Bertz CT molecular complexity index is 434. The summed E-state index contributed by atoms with van der Waals surface area (Å²) in [6, 6.07) is 3.15. The summed E-state index contributed by atoms with van der Waals surface area (Å²) in [4.78, 5) is 0. The van der Waals surface area contributed by atoms with Crippen LogP contribution in [-0.4, -0.2) is 6.04 Å². The van der Waals surface area contributed by atoms with Gasteiger partial charge in [0.05, 0.1) is 5.56 Å². The van der Waals surface area contributed by atoms with E-state index in [9.17, 15) is 17.6 Å². The first-order chi connectivity index (χ1) is 9.47. The van der Waals surface area contributed by atoms with Crippen molar-refractivity contribution < 1.29 is 17.6 Å². The van der Waals surface area contributed by atoms with E-state index in [0.717, 1.165) is 31.7 Å². The fourth-order valence-corrected chi connectivity index (χ4v) is 2.70. The standard InChI is InChI=1S/C15H19F4N/c16-12-8-7-11(14(9-12)15(17,18)19)10-20-13-5-3-1-2-4-6-13/h7-9,13,20H,1-6,10H2. The maximum Gasteiger partial charge on any atom is 0.416 e. The summed E-state index contributed by atoms with van der Waals surface area (Å²) in [5.74, 6) is -0.851. The van der Waals surface area contributed by atoms with Gasteiger partial charge in [-0.3, -0.25) is 0 Å². The zero-order valence-corrected chi connectivity index (χ0v) is 11.3. The maximum atomic E-state index is 13.0. The first-order valence-electron chi connectivity index (χ1n) is 7.06. The van der Waals surface area contributed by atoms with Crippen LogP contribution in [0.25, 0.3) is 0 Å². The van der Waals surface area contributed by atoms with Crippen LogP contribution in [0.15, 0.2) is 18.2 Å². The first-order valence-corrected chi connectivity index (χ1v) is 7.06. The van der Waals surface area contributed by atoms with Crippen molar-refractivity contribution in [3.05, 3.63) is 35.1 Å². The third-order valence-electron chi connectivity index (χ3n) is 3.81. The van der Waals surface area contributed by atoms with Gasteiger partial charge in [-0.2, -0.15) is 13.2 Å². The second-order valence-corrected chi connectivity index (χ2v) is 5.37. The van der Waals surface area contributed by atoms with Crippen molar-refractivity contribution in [3.63, 3.8) is 0 Å². The molecule has 1 nitrogen and oxygen atoms in total. The summed E-state index contributed by atoms with van der Waals surface area (Å²) in [5, 5.41) is 3.19. The molecule has 0 heterocycles. The molecule has 0 aliphatic heterocycles. The topological polar surface area (TPSA) is 12.0 Å². The fourth-order valence-electron chi connectivity index (χ4n) is 2.70. The molecule has 0 atom stereocenters. The minimum Gasteiger partial charge on any atom is -0.310 e. The van der Waals surface area contributed by atoms with Gasteiger partial charge in [0.1, 0.15) is 5.82 Å². The average Bonchev–Trinajstić information content (AvgIpc) is 2.64. The van der Waals surface area contributed by atoms with E-state index < -0.39 is 17.6 Å². The number of halogens is 4. The summed E-state index contributed by atoms with van der Waals surface area (Å²) < 4.78 is 51.6. The number of nitrogens with one attached hydrogen (secondary N) is 1. The Labute approximate surface area is 116 Å². The second-order valence-electron chi connectivity index (χ2n) is 5.37. The van der Waals surface area contributed by atoms with Gasteiger partial charge in [0, 0.05) is 12.6 Å². The monoisotopic (exact) mass is 289 g/mol. The lowest BCUT2D eigenvalue weighted by Gasteiger charge is -2.18. The summed E-state index contributed by atoms with van der Waals surface area (Å²) in [5.41, 5.74) is -0.762. The SMILES string of the molecule is Fc1ccc(CNC2CCCCCC2)c(C(F)(F)F)c1. The Balaban J connectivity index is 2.05. The molecule has 20 heavy (non-hydrogen) atoms. The number of hydrogen-bond donors (Lipinski definition) is 1. The molecule has 1 fully saturated rings. The molecule has 0 radical (unpaired) electrons. The van der Waals surface area contributed by atoms with Gasteiger partial charge < -0.3 is 5.32 Å². The van der Waals surface area contributed by atoms with Gasteiger partial charge in [-0.05, 0) is 30.5 Å². The van der Waals surface area contributed by atoms with E-state index in [1.165, 1.54) is 18.9 Å². The van der Waals surface area contributed by atoms with Crippen molar-refractivity contribution in [2.45, 2.75) is 57.3 Å². The molecule has 112 valence electrons. The van der Waals surface area contributed by atoms with Crippen molar-refractivity contribution in [1.29, 1.82) is 0 Å². The number of alkyl halides is 3. The predicted octanol–water partition coefficient (Wildman–Crippen LogP) is 4.66. The van der Waals surface area contributed by atoms with Crippen molar-refractivity contribution >= 4 is 0 Å². The highest BCUT2D eigenvalue weighted by Gasteiger charge is 2.33. The lowest BCUT2D eigenvalue weighted by Crippen LogP contribution is -2.29. The van der Waals surface area contributed by atoms with Gasteiger partial charge in [0.25, 0.3) is 0 Å². The summed E-state index contributed by atoms with van der Waals surface area (Å²) in [7, 11) is 0. The molecule has 0 amide bonds. The van der Waals surface area contributed by atoms with Gasteiger partial charge >= 0.3 is 6.18 Å². The zero-order valence-electron chi connectivity index (χ0n) is 11.3. The molecule has 2 rings (SSSR count). The molecular formula is C15H19F4N. The van der Waals surface area contributed by atoms with Crippen LogP contribution >= 0.6 is 0 Å². The minimum atomic E-state index is -4.51. The molecule has 1 saturated carbocycles. The Morgan fingerprint density at radius 3 is 2.30 bits per heavy atom. The molecule has 0 spiro atoms. The van der Waals surface area contributed by atoms with Crippen LogP contribution in [0.1, 0.15) is 49.7 Å². The van der Waals surface area contributed by atoms with E-state index in [0.29, 0.717) is 6.07 Å². The largest absolute Gasteiger partial charge is 0.416 e. The molecule has 0 unspecified atom stereocenters. The number of benzene rings is 1. The highest BCUT2D eigenvalue weighted by molar-refractivity contribution is 5.30. The third kappa shape index (κ3) is 4.20. The van der Waals surface area contributed by atoms with Crippen molar-refractivity contribution in [2.75, 3.05) is 0 Å². The Hall–Kier alpha value is -1.10. The van der Waals surface area contributed by atoms with E-state index in [4.69, 9.17) is 0 Å². The predicted molar refractivity (Wildman–Crippen MR) is 69.7 cm³/mol. The molecule has 1 aliphatic carbocycles. The van der Waals surface area contributed by atoms with E-state index in [1.807, 2.05) is 0 Å². The van der Waals surface area contributed by atoms with Crippen LogP contribution < -0.4 is 5.32 Å². The Morgan fingerprint density at radius 1 is 1.05 bits per heavy atom. The second kappa shape index (κ2) is 6.57. The normalized spacial score (nSPS) is 18.0. The highest BCUT2D eigenvalue weighted by Crippen LogP contribution is 2.32. The van der Waals surface area contributed by atoms with E-state index in [1.54, 1.807) is 0 Å². The summed E-state index contributed by atoms with van der Waals surface area (Å²) in [6.07, 6.45) is 2.12. The van der Waals surface area contributed by atoms with Crippen LogP contribution in [0.5, 0.6) is 0 Å². The van der Waals surface area contributed by atoms with Crippen LogP contribution in [0.3, 0.4) is 0 Å². The van der Waals surface area contributed by atoms with Gasteiger partial charge in [-0.1, -0.05) is 31.7 Å². The molecule has 1 N–H and O–H groups in total. The smallest absolute Gasteiger partial charge is 0.310 e. The average molecular weight is 289 g/mol. The lowest BCUT2D eigenvalue weighted by molar-refractivity contribution is -0.138. The van der Waals surface area contributed by atoms with Gasteiger partial charge in [0.15, 0.2) is 0 Å². The Kier molecular flexibility index (Phi) is 5.02. The quantitative estimate of drug-likeness (QED) is 0.630. The zero-order chi connectivity index (χ0) is 14.6. The molecule has 1 aromatic rings. The van der Waals surface area contributed by atoms with Crippen LogP contribution in [-0.2, 0) is 12.7 Å². The summed E-state index contributed by atoms with van der Waals surface area (Å²) in [6.45, 7) is 0.139. The van der Waals surface area contributed by atoms with Crippen LogP contribution in [0.4, 0.5) is 17.6 Å². The number of hydrogen-bond acceptors (Lipinski definition) is 1. The van der Waals surface area contributed by atoms with E-state index in [2.05, 4.69) is 5.32 Å². The van der Waals surface area contributed by atoms with Gasteiger partial charge in [-0.25, -0.2) is 4.39 Å². The molecule has 0 saturated heterocycles. The number of rotatable bonds is 3. The van der Waals surface area contributed by atoms with Crippen molar-refractivity contribution in [3.8, 4) is 0 Å². The molecule has 1 aliphatic rings. The van der Waals surface area contributed by atoms with Gasteiger partial charge in [-0.15, -0.1) is 0 Å². The summed E-state index contributed by atoms with van der Waals surface area (Å²) >= 11 is 0. The molecule has 0 aromatic heterocycles. The minimum absolute atomic E-state index is 0.114.